The molecule has 11 heavy (non-hydrogen) atoms. The first kappa shape index (κ1) is 6.80. The van der Waals surface area contributed by atoms with Crippen LogP contribution in [-0.2, 0) is 0 Å². The maximum absolute atomic E-state index is 4.39. The third kappa shape index (κ3) is 1.14. The van der Waals surface area contributed by atoms with Crippen LogP contribution >= 0.6 is 11.3 Å². The Morgan fingerprint density at radius 2 is 2.18 bits per heavy atom. The first-order valence-corrected chi connectivity index (χ1v) is 4.37. The van der Waals surface area contributed by atoms with E-state index in [0.29, 0.717) is 0 Å². The van der Waals surface area contributed by atoms with Crippen LogP contribution in [0, 0.1) is 6.42 Å². The van der Waals surface area contributed by atoms with Crippen molar-refractivity contribution in [1.82, 2.24) is 4.98 Å². The van der Waals surface area contributed by atoms with Gasteiger partial charge < -0.3 is 0 Å². The van der Waals surface area contributed by atoms with Crippen LogP contribution in [0.5, 0.6) is 0 Å². The molecule has 0 bridgehead atoms. The van der Waals surface area contributed by atoms with Crippen molar-refractivity contribution in [1.29, 1.82) is 0 Å². The van der Waals surface area contributed by atoms with E-state index in [2.05, 4.69) is 11.1 Å². The van der Waals surface area contributed by atoms with Gasteiger partial charge in [-0.15, -0.1) is 11.3 Å². The van der Waals surface area contributed by atoms with Crippen LogP contribution in [0.4, 0.5) is 0 Å². The van der Waals surface area contributed by atoms with Crippen molar-refractivity contribution in [2.75, 3.05) is 0 Å². The second-order valence-electron chi connectivity index (χ2n) is 2.31. The van der Waals surface area contributed by atoms with Gasteiger partial charge in [0.05, 0.1) is 15.2 Å². The number of aromatic nitrogens is 1. The molecule has 1 aromatic heterocycles. The lowest BCUT2D eigenvalue weighted by Gasteiger charge is -1.80. The summed E-state index contributed by atoms with van der Waals surface area (Å²) in [6, 6.07) is 8.19. The second kappa shape index (κ2) is 2.62. The third-order valence-corrected chi connectivity index (χ3v) is 2.66. The number of benzene rings is 1. The number of rotatable bonds is 1. The fourth-order valence-corrected chi connectivity index (χ4v) is 1.87. The van der Waals surface area contributed by atoms with Crippen LogP contribution in [0.25, 0.3) is 10.2 Å². The minimum absolute atomic E-state index is 1.10. The van der Waals surface area contributed by atoms with E-state index in [1.54, 1.807) is 11.3 Å². The average molecular weight is 162 g/mol. The molecule has 0 N–H and O–H groups in total. The fraction of sp³-hybridized carbons (Fsp3) is 0.111. The average Bonchev–Trinajstić information content (AvgIpc) is 2.46. The molecule has 0 aliphatic carbocycles. The third-order valence-electron chi connectivity index (χ3n) is 1.56. The van der Waals surface area contributed by atoms with Gasteiger partial charge in [0.2, 0.25) is 0 Å². The summed E-state index contributed by atoms with van der Waals surface area (Å²) in [6.45, 7) is 2.01. The van der Waals surface area contributed by atoms with Gasteiger partial charge in [0.15, 0.2) is 0 Å². The van der Waals surface area contributed by atoms with E-state index in [1.165, 1.54) is 4.70 Å². The van der Waals surface area contributed by atoms with Crippen molar-refractivity contribution in [3.63, 3.8) is 0 Å². The SMILES string of the molecule is C[CH]c1nc2ccccc2s1. The predicted octanol–water partition coefficient (Wildman–Crippen LogP) is 2.87. The van der Waals surface area contributed by atoms with E-state index in [4.69, 9.17) is 0 Å². The Kier molecular flexibility index (Phi) is 1.62. The van der Waals surface area contributed by atoms with E-state index in [-0.39, 0.29) is 0 Å². The zero-order valence-corrected chi connectivity index (χ0v) is 7.06. The Bertz CT molecular complexity index is 331. The van der Waals surface area contributed by atoms with Crippen LogP contribution in [0.2, 0.25) is 0 Å². The minimum Gasteiger partial charge on any atom is -0.241 e. The van der Waals surface area contributed by atoms with Crippen molar-refractivity contribution >= 4 is 21.6 Å². The molecule has 0 spiro atoms. The highest BCUT2D eigenvalue weighted by Gasteiger charge is 1.98. The first-order chi connectivity index (χ1) is 5.40. The van der Waals surface area contributed by atoms with Crippen LogP contribution < -0.4 is 0 Å². The van der Waals surface area contributed by atoms with Gasteiger partial charge in [0.1, 0.15) is 0 Å². The molecule has 2 heteroatoms. The molecule has 2 aromatic rings. The smallest absolute Gasteiger partial charge is 0.0973 e. The van der Waals surface area contributed by atoms with Gasteiger partial charge in [-0.3, -0.25) is 0 Å². The normalized spacial score (nSPS) is 10.6. The van der Waals surface area contributed by atoms with Crippen molar-refractivity contribution in [2.24, 2.45) is 0 Å². The zero-order chi connectivity index (χ0) is 7.68. The lowest BCUT2D eigenvalue weighted by Crippen LogP contribution is -1.70. The molecule has 55 valence electrons. The topological polar surface area (TPSA) is 12.9 Å². The molecule has 0 fully saturated rings. The summed E-state index contributed by atoms with van der Waals surface area (Å²) < 4.78 is 1.26. The van der Waals surface area contributed by atoms with Gasteiger partial charge in [0.25, 0.3) is 0 Å². The van der Waals surface area contributed by atoms with Gasteiger partial charge in [-0.05, 0) is 12.1 Å². The summed E-state index contributed by atoms with van der Waals surface area (Å²) in [5, 5.41) is 1.10. The summed E-state index contributed by atoms with van der Waals surface area (Å²) >= 11 is 1.73. The van der Waals surface area contributed by atoms with Gasteiger partial charge in [-0.25, -0.2) is 4.98 Å². The Balaban J connectivity index is 2.69. The number of hydrogen-bond acceptors (Lipinski definition) is 2. The summed E-state index contributed by atoms with van der Waals surface area (Å²) in [5.74, 6) is 0. The zero-order valence-electron chi connectivity index (χ0n) is 6.24. The van der Waals surface area contributed by atoms with Gasteiger partial charge >= 0.3 is 0 Å². The maximum atomic E-state index is 4.39. The predicted molar refractivity (Wildman–Crippen MR) is 48.7 cm³/mol. The summed E-state index contributed by atoms with van der Waals surface area (Å²) in [4.78, 5) is 4.39. The monoisotopic (exact) mass is 162 g/mol. The van der Waals surface area contributed by atoms with Crippen molar-refractivity contribution in [3.8, 4) is 0 Å². The molecular formula is C9H8NS. The van der Waals surface area contributed by atoms with Crippen LogP contribution in [-0.4, -0.2) is 4.98 Å². The first-order valence-electron chi connectivity index (χ1n) is 3.55. The Morgan fingerprint density at radius 3 is 2.91 bits per heavy atom. The molecule has 0 unspecified atom stereocenters. The Labute approximate surface area is 69.7 Å². The molecule has 0 saturated heterocycles. The van der Waals surface area contributed by atoms with Crippen LogP contribution in [0.1, 0.15) is 11.9 Å². The molecule has 0 amide bonds. The fourth-order valence-electron chi connectivity index (χ4n) is 1.01. The largest absolute Gasteiger partial charge is 0.241 e. The van der Waals surface area contributed by atoms with Crippen LogP contribution in [0.3, 0.4) is 0 Å². The summed E-state index contributed by atoms with van der Waals surface area (Å²) in [7, 11) is 0. The van der Waals surface area contributed by atoms with Gasteiger partial charge in [0, 0.05) is 6.42 Å². The lowest BCUT2D eigenvalue weighted by molar-refractivity contribution is 1.33. The molecule has 0 aliphatic rings. The summed E-state index contributed by atoms with van der Waals surface area (Å²) in [5.41, 5.74) is 1.10. The molecule has 1 heterocycles. The molecule has 0 aliphatic heterocycles. The molecular weight excluding hydrogens is 154 g/mol. The minimum atomic E-state index is 1.10. The van der Waals surface area contributed by atoms with Crippen molar-refractivity contribution in [3.05, 3.63) is 35.7 Å². The highest BCUT2D eigenvalue weighted by molar-refractivity contribution is 7.18. The number of thiazole rings is 1. The number of nitrogens with zero attached hydrogens (tertiary/aromatic N) is 1. The molecule has 1 aromatic carbocycles. The molecule has 2 rings (SSSR count). The van der Waals surface area contributed by atoms with Gasteiger partial charge in [-0.2, -0.15) is 0 Å². The quantitative estimate of drug-likeness (QED) is 0.628. The van der Waals surface area contributed by atoms with Crippen molar-refractivity contribution < 1.29 is 0 Å². The number of fused-ring (bicyclic) bond motifs is 1. The maximum Gasteiger partial charge on any atom is 0.0973 e. The Morgan fingerprint density at radius 1 is 1.36 bits per heavy atom. The standard InChI is InChI=1S/C9H8NS/c1-2-9-10-7-5-3-4-6-8(7)11-9/h2-6H,1H3. The lowest BCUT2D eigenvalue weighted by atomic mass is 10.3. The molecule has 1 radical (unpaired) electrons. The van der Waals surface area contributed by atoms with Gasteiger partial charge in [-0.1, -0.05) is 19.1 Å². The van der Waals surface area contributed by atoms with Crippen molar-refractivity contribution in [2.45, 2.75) is 6.92 Å². The second-order valence-corrected chi connectivity index (χ2v) is 3.37. The summed E-state index contributed by atoms with van der Waals surface area (Å²) in [6.07, 6.45) is 2.03. The van der Waals surface area contributed by atoms with E-state index in [1.807, 2.05) is 31.5 Å². The molecule has 0 saturated carbocycles. The van der Waals surface area contributed by atoms with Crippen LogP contribution in [0.15, 0.2) is 24.3 Å². The van der Waals surface area contributed by atoms with E-state index in [0.717, 1.165) is 10.5 Å². The Hall–Kier alpha value is -0.890. The molecule has 1 nitrogen and oxygen atoms in total. The van der Waals surface area contributed by atoms with E-state index >= 15 is 0 Å². The van der Waals surface area contributed by atoms with E-state index in [9.17, 15) is 0 Å². The number of hydrogen-bond donors (Lipinski definition) is 0. The highest BCUT2D eigenvalue weighted by atomic mass is 32.1. The highest BCUT2D eigenvalue weighted by Crippen LogP contribution is 2.21. The number of para-hydroxylation sites is 1. The van der Waals surface area contributed by atoms with E-state index < -0.39 is 0 Å². The molecule has 0 atom stereocenters.